The van der Waals surface area contributed by atoms with Crippen LogP contribution in [0.3, 0.4) is 0 Å². The molecule has 0 radical (unpaired) electrons. The molecule has 1 saturated heterocycles. The van der Waals surface area contributed by atoms with Gasteiger partial charge in [0.2, 0.25) is 0 Å². The van der Waals surface area contributed by atoms with E-state index in [2.05, 4.69) is 35.1 Å². The van der Waals surface area contributed by atoms with E-state index < -0.39 is 11.6 Å². The van der Waals surface area contributed by atoms with Crippen LogP contribution in [-0.4, -0.2) is 13.1 Å². The molecule has 0 atom stereocenters. The number of rotatable bonds is 3. The zero-order chi connectivity index (χ0) is 12.6. The van der Waals surface area contributed by atoms with Crippen LogP contribution < -0.4 is 5.32 Å². The number of benzene rings is 1. The minimum Gasteiger partial charge on any atom is -0.315 e. The average Bonchev–Trinajstić information content (AvgIpc) is 2.21. The summed E-state index contributed by atoms with van der Waals surface area (Å²) in [5.41, 5.74) is 0.192. The summed E-state index contributed by atoms with van der Waals surface area (Å²) >= 11 is 3.11. The summed E-state index contributed by atoms with van der Waals surface area (Å²) in [5, 5.41) is 3.20. The third-order valence-corrected chi connectivity index (χ3v) is 4.46. The van der Waals surface area contributed by atoms with Gasteiger partial charge in [-0.15, -0.1) is 0 Å². The molecule has 0 unspecified atom stereocenters. The van der Waals surface area contributed by atoms with Gasteiger partial charge in [0.15, 0.2) is 0 Å². The predicted molar refractivity (Wildman–Crippen MR) is 67.9 cm³/mol. The molecule has 1 aliphatic heterocycles. The van der Waals surface area contributed by atoms with E-state index in [4.69, 9.17) is 0 Å². The Hall–Kier alpha value is -0.480. The molecular weight excluding hydrogens is 288 g/mol. The lowest BCUT2D eigenvalue weighted by atomic mass is 9.68. The molecule has 0 aliphatic carbocycles. The summed E-state index contributed by atoms with van der Waals surface area (Å²) < 4.78 is 27.9. The molecule has 94 valence electrons. The third kappa shape index (κ3) is 2.25. The van der Waals surface area contributed by atoms with Crippen LogP contribution in [0.5, 0.6) is 0 Å². The highest BCUT2D eigenvalue weighted by atomic mass is 79.9. The Balaban J connectivity index is 2.32. The molecule has 4 heteroatoms. The minimum atomic E-state index is -0.461. The lowest BCUT2D eigenvalue weighted by Gasteiger charge is -2.46. The van der Waals surface area contributed by atoms with Crippen molar-refractivity contribution >= 4 is 15.9 Å². The molecule has 17 heavy (non-hydrogen) atoms. The van der Waals surface area contributed by atoms with Gasteiger partial charge in [0.25, 0.3) is 0 Å². The van der Waals surface area contributed by atoms with Crippen LogP contribution in [0.4, 0.5) is 8.78 Å². The van der Waals surface area contributed by atoms with Crippen LogP contribution in [0.15, 0.2) is 16.6 Å². The quantitative estimate of drug-likeness (QED) is 0.843. The highest BCUT2D eigenvalue weighted by Crippen LogP contribution is 2.37. The fraction of sp³-hybridized carbons (Fsp3) is 0.538. The molecule has 0 amide bonds. The van der Waals surface area contributed by atoms with Gasteiger partial charge in [-0.3, -0.25) is 0 Å². The molecule has 1 aliphatic rings. The number of hydrogen-bond acceptors (Lipinski definition) is 1. The smallest absolute Gasteiger partial charge is 0.143 e. The monoisotopic (exact) mass is 303 g/mol. The van der Waals surface area contributed by atoms with Crippen LogP contribution >= 0.6 is 15.9 Å². The molecule has 0 spiro atoms. The van der Waals surface area contributed by atoms with E-state index >= 15 is 0 Å². The second kappa shape index (κ2) is 4.65. The molecule has 1 fully saturated rings. The third-order valence-electron chi connectivity index (χ3n) is 3.85. The second-order valence-corrected chi connectivity index (χ2v) is 5.97. The zero-order valence-electron chi connectivity index (χ0n) is 9.99. The highest BCUT2D eigenvalue weighted by Gasteiger charge is 2.41. The molecule has 0 aromatic heterocycles. The SMILES string of the molecule is CC(C)C1(Cc2c(F)ccc(Br)c2F)CNC1. The van der Waals surface area contributed by atoms with E-state index in [-0.39, 0.29) is 11.0 Å². The van der Waals surface area contributed by atoms with Crippen molar-refractivity contribution in [2.75, 3.05) is 13.1 Å². The fourth-order valence-corrected chi connectivity index (χ4v) is 2.64. The molecule has 1 N–H and O–H groups in total. The Morgan fingerprint density at radius 1 is 1.35 bits per heavy atom. The molecule has 2 rings (SSSR count). The lowest BCUT2D eigenvalue weighted by Crippen LogP contribution is -2.57. The first-order valence-corrected chi connectivity index (χ1v) is 6.59. The predicted octanol–water partition coefficient (Wildman–Crippen LogP) is 3.52. The van der Waals surface area contributed by atoms with E-state index in [0.29, 0.717) is 16.8 Å². The van der Waals surface area contributed by atoms with Gasteiger partial charge in [-0.1, -0.05) is 13.8 Å². The fourth-order valence-electron chi connectivity index (χ4n) is 2.27. The van der Waals surface area contributed by atoms with Gasteiger partial charge >= 0.3 is 0 Å². The number of nitrogens with one attached hydrogen (secondary N) is 1. The molecule has 1 aromatic rings. The highest BCUT2D eigenvalue weighted by molar-refractivity contribution is 9.10. The topological polar surface area (TPSA) is 12.0 Å². The maximum atomic E-state index is 13.9. The Morgan fingerprint density at radius 2 is 2.00 bits per heavy atom. The van der Waals surface area contributed by atoms with Crippen LogP contribution in [-0.2, 0) is 6.42 Å². The van der Waals surface area contributed by atoms with E-state index in [1.54, 1.807) is 0 Å². The van der Waals surface area contributed by atoms with Gasteiger partial charge in [0.1, 0.15) is 11.6 Å². The Kier molecular flexibility index (Phi) is 3.55. The maximum absolute atomic E-state index is 13.9. The number of halogens is 3. The number of hydrogen-bond donors (Lipinski definition) is 1. The van der Waals surface area contributed by atoms with Crippen LogP contribution in [0, 0.1) is 23.0 Å². The second-order valence-electron chi connectivity index (χ2n) is 5.12. The standard InChI is InChI=1S/C13H16BrF2N/c1-8(2)13(6-17-7-13)5-9-11(15)4-3-10(14)12(9)16/h3-4,8,17H,5-7H2,1-2H3. The Labute approximate surface area is 109 Å². The van der Waals surface area contributed by atoms with Crippen LogP contribution in [0.25, 0.3) is 0 Å². The van der Waals surface area contributed by atoms with Gasteiger partial charge < -0.3 is 5.32 Å². The van der Waals surface area contributed by atoms with Crippen LogP contribution in [0.2, 0.25) is 0 Å². The van der Waals surface area contributed by atoms with E-state index in [1.165, 1.54) is 12.1 Å². The minimum absolute atomic E-state index is 0.0114. The molecule has 1 heterocycles. The summed E-state index contributed by atoms with van der Waals surface area (Å²) in [7, 11) is 0. The average molecular weight is 304 g/mol. The van der Waals surface area contributed by atoms with E-state index in [9.17, 15) is 8.78 Å². The summed E-state index contributed by atoms with van der Waals surface area (Å²) in [4.78, 5) is 0. The summed E-state index contributed by atoms with van der Waals surface area (Å²) in [6.07, 6.45) is 0.453. The molecule has 1 nitrogen and oxygen atoms in total. The molecule has 1 aromatic carbocycles. The van der Waals surface area contributed by atoms with Gasteiger partial charge in [0.05, 0.1) is 4.47 Å². The zero-order valence-corrected chi connectivity index (χ0v) is 11.6. The van der Waals surface area contributed by atoms with Crippen molar-refractivity contribution in [1.29, 1.82) is 0 Å². The first-order valence-electron chi connectivity index (χ1n) is 5.79. The van der Waals surface area contributed by atoms with Crippen molar-refractivity contribution in [1.82, 2.24) is 5.32 Å². The largest absolute Gasteiger partial charge is 0.315 e. The van der Waals surface area contributed by atoms with Gasteiger partial charge in [-0.25, -0.2) is 8.78 Å². The first kappa shape index (κ1) is 13.0. The summed E-state index contributed by atoms with van der Waals surface area (Å²) in [6, 6.07) is 2.73. The van der Waals surface area contributed by atoms with Crippen molar-refractivity contribution in [2.24, 2.45) is 11.3 Å². The summed E-state index contributed by atoms with van der Waals surface area (Å²) in [5.74, 6) is -0.504. The van der Waals surface area contributed by atoms with Gasteiger partial charge in [0, 0.05) is 24.1 Å². The Morgan fingerprint density at radius 3 is 2.47 bits per heavy atom. The normalized spacial score (nSPS) is 18.2. The molecule has 0 bridgehead atoms. The van der Waals surface area contributed by atoms with Gasteiger partial charge in [-0.05, 0) is 40.4 Å². The molecule has 0 saturated carbocycles. The maximum Gasteiger partial charge on any atom is 0.143 e. The summed E-state index contributed by atoms with van der Waals surface area (Å²) in [6.45, 7) is 5.87. The lowest BCUT2D eigenvalue weighted by molar-refractivity contribution is 0.0969. The van der Waals surface area contributed by atoms with Crippen molar-refractivity contribution in [3.63, 3.8) is 0 Å². The van der Waals surface area contributed by atoms with Crippen molar-refractivity contribution in [3.05, 3.63) is 33.8 Å². The van der Waals surface area contributed by atoms with Gasteiger partial charge in [-0.2, -0.15) is 0 Å². The van der Waals surface area contributed by atoms with E-state index in [0.717, 1.165) is 13.1 Å². The van der Waals surface area contributed by atoms with Crippen LogP contribution in [0.1, 0.15) is 19.4 Å². The Bertz CT molecular complexity index is 428. The van der Waals surface area contributed by atoms with Crippen molar-refractivity contribution in [2.45, 2.75) is 20.3 Å². The van der Waals surface area contributed by atoms with Crippen molar-refractivity contribution < 1.29 is 8.78 Å². The van der Waals surface area contributed by atoms with E-state index in [1.807, 2.05) is 0 Å². The van der Waals surface area contributed by atoms with Crippen molar-refractivity contribution in [3.8, 4) is 0 Å². The molecular formula is C13H16BrF2N. The first-order chi connectivity index (χ1) is 7.96.